The van der Waals surface area contributed by atoms with Crippen LogP contribution in [0.4, 0.5) is 4.79 Å². The Kier molecular flexibility index (Phi) is 7.30. The molecule has 0 aromatic carbocycles. The van der Waals surface area contributed by atoms with Crippen LogP contribution < -0.4 is 0 Å². The Labute approximate surface area is 70.3 Å². The number of carbonyl (C=O) groups excluding carboxylic acids is 1. The molecular weight excluding hydrogens is 172 g/mol. The molecule has 4 heteroatoms. The van der Waals surface area contributed by atoms with Crippen molar-refractivity contribution in [2.24, 2.45) is 0 Å². The van der Waals surface area contributed by atoms with E-state index in [1.165, 1.54) is 11.8 Å². The first-order valence-corrected chi connectivity index (χ1v) is 4.68. The van der Waals surface area contributed by atoms with Crippen molar-refractivity contribution in [3.05, 3.63) is 0 Å². The van der Waals surface area contributed by atoms with E-state index in [2.05, 4.69) is 11.7 Å². The smallest absolute Gasteiger partial charge is 0.368 e. The van der Waals surface area contributed by atoms with Crippen LogP contribution in [0.3, 0.4) is 0 Å². The number of alkyl halides is 1. The van der Waals surface area contributed by atoms with Crippen molar-refractivity contribution in [2.45, 2.75) is 19.8 Å². The van der Waals surface area contributed by atoms with Gasteiger partial charge >= 0.3 is 5.30 Å². The first kappa shape index (κ1) is 10.1. The summed E-state index contributed by atoms with van der Waals surface area (Å²) in [5.41, 5.74) is 0. The lowest BCUT2D eigenvalue weighted by molar-refractivity contribution is 0.194. The molecule has 0 N–H and O–H groups in total. The molecule has 0 atom stereocenters. The van der Waals surface area contributed by atoms with Crippen LogP contribution in [0.2, 0.25) is 0 Å². The zero-order chi connectivity index (χ0) is 7.82. The van der Waals surface area contributed by atoms with E-state index in [-0.39, 0.29) is 11.4 Å². The van der Waals surface area contributed by atoms with Crippen LogP contribution in [-0.2, 0) is 4.74 Å². The largest absolute Gasteiger partial charge is 0.441 e. The van der Waals surface area contributed by atoms with Crippen LogP contribution in [0.5, 0.6) is 0 Å². The summed E-state index contributed by atoms with van der Waals surface area (Å²) in [6, 6.07) is -0.0437. The molecule has 0 heterocycles. The van der Waals surface area contributed by atoms with Gasteiger partial charge in [-0.05, 0) is 18.2 Å². The molecular formula is C6H11ClO2S. The molecule has 0 aromatic rings. The summed E-state index contributed by atoms with van der Waals surface area (Å²) in [5, 5.41) is -0.275. The molecule has 0 amide bonds. The summed E-state index contributed by atoms with van der Waals surface area (Å²) in [5.74, 6) is 0.826. The van der Waals surface area contributed by atoms with E-state index >= 15 is 0 Å². The molecule has 0 bridgehead atoms. The van der Waals surface area contributed by atoms with Gasteiger partial charge in [-0.3, -0.25) is 0 Å². The third-order valence-corrected chi connectivity index (χ3v) is 1.85. The van der Waals surface area contributed by atoms with Crippen LogP contribution in [-0.4, -0.2) is 17.1 Å². The van der Waals surface area contributed by atoms with Crippen molar-refractivity contribution in [1.82, 2.24) is 0 Å². The number of thioether (sulfide) groups is 1. The zero-order valence-electron chi connectivity index (χ0n) is 5.93. The number of hydrogen-bond donors (Lipinski definition) is 0. The topological polar surface area (TPSA) is 26.3 Å². The van der Waals surface area contributed by atoms with Crippen molar-refractivity contribution in [1.29, 1.82) is 0 Å². The average Bonchev–Trinajstić information content (AvgIpc) is 1.89. The summed E-state index contributed by atoms with van der Waals surface area (Å²) < 4.78 is 4.48. The fourth-order valence-electron chi connectivity index (χ4n) is 0.386. The molecule has 60 valence electrons. The van der Waals surface area contributed by atoms with Gasteiger partial charge in [-0.25, -0.2) is 4.79 Å². The van der Waals surface area contributed by atoms with Gasteiger partial charge in [0.05, 0.1) is 0 Å². The minimum Gasteiger partial charge on any atom is -0.441 e. The highest BCUT2D eigenvalue weighted by atomic mass is 35.5. The van der Waals surface area contributed by atoms with Crippen molar-refractivity contribution in [3.63, 3.8) is 0 Å². The second-order valence-electron chi connectivity index (χ2n) is 1.71. The van der Waals surface area contributed by atoms with Gasteiger partial charge in [-0.2, -0.15) is 0 Å². The Morgan fingerprint density at radius 2 is 2.40 bits per heavy atom. The number of ether oxygens (including phenoxy) is 1. The molecule has 0 radical (unpaired) electrons. The summed E-state index contributed by atoms with van der Waals surface area (Å²) in [4.78, 5) is 10.6. The monoisotopic (exact) mass is 182 g/mol. The quantitative estimate of drug-likeness (QED) is 0.380. The standard InChI is InChI=1S/C6H11ClO2S/c1-2-3-4-10-6(8)9-5-7/h2-5H2,1H3. The fourth-order valence-corrected chi connectivity index (χ4v) is 1.29. The van der Waals surface area contributed by atoms with E-state index in [0.717, 1.165) is 18.6 Å². The fraction of sp³-hybridized carbons (Fsp3) is 0.833. The van der Waals surface area contributed by atoms with Crippen LogP contribution in [0.1, 0.15) is 19.8 Å². The van der Waals surface area contributed by atoms with Gasteiger partial charge in [-0.1, -0.05) is 24.9 Å². The molecule has 0 saturated heterocycles. The molecule has 0 aromatic heterocycles. The lowest BCUT2D eigenvalue weighted by Crippen LogP contribution is -1.95. The molecule has 0 aliphatic rings. The van der Waals surface area contributed by atoms with Crippen molar-refractivity contribution in [2.75, 3.05) is 11.8 Å². The maximum absolute atomic E-state index is 10.6. The van der Waals surface area contributed by atoms with Gasteiger partial charge in [0, 0.05) is 5.75 Å². The zero-order valence-corrected chi connectivity index (χ0v) is 7.50. The molecule has 0 aliphatic heterocycles. The Morgan fingerprint density at radius 3 is 2.90 bits per heavy atom. The predicted octanol–water partition coefficient (Wildman–Crippen LogP) is 2.85. The van der Waals surface area contributed by atoms with E-state index in [0.29, 0.717) is 0 Å². The number of rotatable bonds is 4. The Balaban J connectivity index is 3.05. The first-order chi connectivity index (χ1) is 4.81. The third-order valence-electron chi connectivity index (χ3n) is 0.890. The van der Waals surface area contributed by atoms with Gasteiger partial charge < -0.3 is 4.74 Å². The number of hydrogen-bond acceptors (Lipinski definition) is 3. The van der Waals surface area contributed by atoms with Gasteiger partial charge in [-0.15, -0.1) is 0 Å². The molecule has 0 rings (SSSR count). The highest BCUT2D eigenvalue weighted by molar-refractivity contribution is 8.13. The number of unbranched alkanes of at least 4 members (excludes halogenated alkanes) is 1. The van der Waals surface area contributed by atoms with Gasteiger partial charge in [0.2, 0.25) is 0 Å². The van der Waals surface area contributed by atoms with E-state index < -0.39 is 0 Å². The molecule has 10 heavy (non-hydrogen) atoms. The first-order valence-electron chi connectivity index (χ1n) is 3.16. The van der Waals surface area contributed by atoms with Crippen LogP contribution in [0, 0.1) is 0 Å². The van der Waals surface area contributed by atoms with E-state index in [9.17, 15) is 4.79 Å². The van der Waals surface area contributed by atoms with E-state index in [1.54, 1.807) is 0 Å². The minimum absolute atomic E-state index is 0.0437. The lowest BCUT2D eigenvalue weighted by Gasteiger charge is -1.97. The SMILES string of the molecule is CCCCSC(=O)OCCl. The minimum atomic E-state index is -0.275. The number of carbonyl (C=O) groups is 1. The molecule has 0 aliphatic carbocycles. The van der Waals surface area contributed by atoms with E-state index in [4.69, 9.17) is 11.6 Å². The Morgan fingerprint density at radius 1 is 1.70 bits per heavy atom. The maximum Gasteiger partial charge on any atom is 0.368 e. The van der Waals surface area contributed by atoms with E-state index in [1.807, 2.05) is 0 Å². The average molecular weight is 183 g/mol. The van der Waals surface area contributed by atoms with Gasteiger partial charge in [0.1, 0.15) is 0 Å². The maximum atomic E-state index is 10.6. The second kappa shape index (κ2) is 7.22. The van der Waals surface area contributed by atoms with Crippen LogP contribution in [0.25, 0.3) is 0 Å². The van der Waals surface area contributed by atoms with Crippen LogP contribution >= 0.6 is 23.4 Å². The predicted molar refractivity (Wildman–Crippen MR) is 44.6 cm³/mol. The normalized spacial score (nSPS) is 9.40. The summed E-state index contributed by atoms with van der Waals surface area (Å²) in [6.45, 7) is 2.08. The Hall–Kier alpha value is 0.110. The second-order valence-corrected chi connectivity index (χ2v) is 2.95. The summed E-state index contributed by atoms with van der Waals surface area (Å²) >= 11 is 6.33. The molecule has 0 saturated carbocycles. The lowest BCUT2D eigenvalue weighted by atomic mass is 10.4. The highest BCUT2D eigenvalue weighted by Gasteiger charge is 1.99. The van der Waals surface area contributed by atoms with Crippen LogP contribution in [0.15, 0.2) is 0 Å². The van der Waals surface area contributed by atoms with Crippen molar-refractivity contribution < 1.29 is 9.53 Å². The Bertz CT molecular complexity index is 97.7. The molecule has 2 nitrogen and oxygen atoms in total. The summed E-state index contributed by atoms with van der Waals surface area (Å²) in [7, 11) is 0. The number of halogens is 1. The van der Waals surface area contributed by atoms with Crippen molar-refractivity contribution >= 4 is 28.7 Å². The molecule has 0 unspecified atom stereocenters. The highest BCUT2D eigenvalue weighted by Crippen LogP contribution is 2.08. The third kappa shape index (κ3) is 6.23. The van der Waals surface area contributed by atoms with Crippen molar-refractivity contribution in [3.8, 4) is 0 Å². The summed E-state index contributed by atoms with van der Waals surface area (Å²) in [6.07, 6.45) is 2.14. The van der Waals surface area contributed by atoms with Gasteiger partial charge in [0.15, 0.2) is 6.07 Å². The molecule has 0 fully saturated rings. The molecule has 0 spiro atoms. The van der Waals surface area contributed by atoms with Gasteiger partial charge in [0.25, 0.3) is 0 Å².